The molecule has 7 N–H and O–H groups in total. The van der Waals surface area contributed by atoms with Crippen LogP contribution in [0.3, 0.4) is 0 Å². The maximum atomic E-state index is 11.9. The predicted octanol–water partition coefficient (Wildman–Crippen LogP) is -1.51. The largest absolute Gasteiger partial charge is 0.490 e. The van der Waals surface area contributed by atoms with Crippen molar-refractivity contribution in [3.05, 3.63) is 22.7 Å². The predicted molar refractivity (Wildman–Crippen MR) is 87.7 cm³/mol. The van der Waals surface area contributed by atoms with Crippen molar-refractivity contribution in [2.24, 2.45) is 5.90 Å². The van der Waals surface area contributed by atoms with Gasteiger partial charge in [0.2, 0.25) is 5.88 Å². The maximum Gasteiger partial charge on any atom is 0.490 e. The highest BCUT2D eigenvalue weighted by Crippen LogP contribution is 2.66. The van der Waals surface area contributed by atoms with Crippen molar-refractivity contribution < 1.29 is 61.1 Å². The molecule has 1 saturated heterocycles. The molecule has 166 valence electrons. The van der Waals surface area contributed by atoms with Crippen LogP contribution in [0.25, 0.3) is 0 Å². The molecule has 1 fully saturated rings. The lowest BCUT2D eigenvalue weighted by molar-refractivity contribution is -0.0450. The van der Waals surface area contributed by atoms with E-state index in [1.54, 1.807) is 0 Å². The van der Waals surface area contributed by atoms with Crippen molar-refractivity contribution in [1.82, 2.24) is 9.55 Å². The molecule has 0 aromatic carbocycles. The minimum atomic E-state index is -5.67. The van der Waals surface area contributed by atoms with Crippen LogP contribution in [-0.4, -0.2) is 53.0 Å². The van der Waals surface area contributed by atoms with E-state index in [4.69, 9.17) is 25.3 Å². The Kier molecular flexibility index (Phi) is 7.52. The molecule has 1 aromatic rings. The number of aliphatic hydroxyl groups is 1. The molecular weight excluding hydrogens is 467 g/mol. The fourth-order valence-electron chi connectivity index (χ4n) is 2.19. The number of rotatable bonds is 9. The molecule has 5 atom stereocenters. The number of hydrogen-bond donors (Lipinski definition) is 6. The van der Waals surface area contributed by atoms with Gasteiger partial charge in [-0.25, -0.2) is 18.5 Å². The van der Waals surface area contributed by atoms with Gasteiger partial charge in [-0.3, -0.25) is 9.09 Å². The molecule has 0 spiro atoms. The lowest BCUT2D eigenvalue weighted by Crippen LogP contribution is -2.28. The van der Waals surface area contributed by atoms with Gasteiger partial charge in [0.1, 0.15) is 12.3 Å². The minimum Gasteiger partial charge on any atom is -0.391 e. The first-order chi connectivity index (χ1) is 13.2. The minimum absolute atomic E-state index is 0.158. The van der Waals surface area contributed by atoms with Crippen LogP contribution >= 0.6 is 23.5 Å². The summed E-state index contributed by atoms with van der Waals surface area (Å²) >= 11 is 0. The summed E-state index contributed by atoms with van der Waals surface area (Å²) in [5, 5.41) is 9.97. The van der Waals surface area contributed by atoms with Crippen LogP contribution in [-0.2, 0) is 31.6 Å². The van der Waals surface area contributed by atoms with Gasteiger partial charge in [0.05, 0.1) is 12.7 Å². The van der Waals surface area contributed by atoms with Crippen LogP contribution in [0, 0.1) is 0 Å². The second kappa shape index (κ2) is 8.99. The molecule has 1 aliphatic heterocycles. The Bertz CT molecular complexity index is 930. The first kappa shape index (κ1) is 24.2. The number of phosphoric ester groups is 1. The summed E-state index contributed by atoms with van der Waals surface area (Å²) in [7, 11) is -16.6. The molecule has 29 heavy (non-hydrogen) atoms. The van der Waals surface area contributed by atoms with Crippen molar-refractivity contribution in [2.45, 2.75) is 24.9 Å². The summed E-state index contributed by atoms with van der Waals surface area (Å²) in [5.74, 6) is 4.70. The molecule has 2 heterocycles. The van der Waals surface area contributed by atoms with Crippen LogP contribution in [0.2, 0.25) is 0 Å². The Labute approximate surface area is 161 Å². The second-order valence-corrected chi connectivity index (χ2v) is 9.81. The van der Waals surface area contributed by atoms with Gasteiger partial charge in [0.25, 0.3) is 0 Å². The van der Waals surface area contributed by atoms with Gasteiger partial charge >= 0.3 is 29.2 Å². The van der Waals surface area contributed by atoms with Gasteiger partial charge in [-0.1, -0.05) is 0 Å². The highest BCUT2D eigenvalue weighted by Gasteiger charge is 2.42. The van der Waals surface area contributed by atoms with Crippen LogP contribution in [0.15, 0.2) is 17.1 Å². The third-order valence-corrected chi connectivity index (χ3v) is 7.06. The number of aliphatic hydroxyl groups excluding tert-OH is 1. The lowest BCUT2D eigenvalue weighted by Gasteiger charge is -2.19. The van der Waals surface area contributed by atoms with Crippen molar-refractivity contribution in [3.63, 3.8) is 0 Å². The van der Waals surface area contributed by atoms with Gasteiger partial charge in [-0.05, 0) is 0 Å². The first-order valence-corrected chi connectivity index (χ1v) is 11.8. The van der Waals surface area contributed by atoms with Crippen LogP contribution < -0.4 is 16.4 Å². The average Bonchev–Trinajstić information content (AvgIpc) is 2.90. The SMILES string of the molecule is NOc1ccn(C2CC(O)C(COP(=O)(O)OP(=O)(O)OP(=O)(O)O)O2)c(=O)n1. The van der Waals surface area contributed by atoms with E-state index in [2.05, 4.69) is 23.0 Å². The van der Waals surface area contributed by atoms with E-state index in [0.29, 0.717) is 0 Å². The lowest BCUT2D eigenvalue weighted by atomic mass is 10.2. The summed E-state index contributed by atoms with van der Waals surface area (Å²) in [5.41, 5.74) is -0.835. The molecule has 0 saturated carbocycles. The second-order valence-electron chi connectivity index (χ2n) is 5.39. The van der Waals surface area contributed by atoms with Crippen molar-refractivity contribution >= 4 is 23.5 Å². The third kappa shape index (κ3) is 7.31. The molecule has 2 rings (SSSR count). The van der Waals surface area contributed by atoms with E-state index in [9.17, 15) is 28.5 Å². The van der Waals surface area contributed by atoms with Gasteiger partial charge in [0.15, 0.2) is 0 Å². The Morgan fingerprint density at radius 1 is 1.21 bits per heavy atom. The fraction of sp³-hybridized carbons (Fsp3) is 0.556. The number of phosphoric acid groups is 3. The fourth-order valence-corrected chi connectivity index (χ4v) is 5.22. The standard InChI is InChI=1S/C9H16N3O14P3/c10-24-7-1-2-12(9(14)11-7)8-3-5(13)6(23-8)4-22-28(18,19)26-29(20,21)25-27(15,16)17/h1-2,5-6,8,13H,3-4,10H2,(H,18,19)(H,20,21)(H2,15,16,17). The number of nitrogens with zero attached hydrogens (tertiary/aromatic N) is 2. The van der Waals surface area contributed by atoms with E-state index in [1.165, 1.54) is 12.3 Å². The molecule has 1 aromatic heterocycles. The van der Waals surface area contributed by atoms with E-state index >= 15 is 0 Å². The van der Waals surface area contributed by atoms with E-state index < -0.39 is 54.2 Å². The van der Waals surface area contributed by atoms with Crippen LogP contribution in [0.4, 0.5) is 0 Å². The van der Waals surface area contributed by atoms with Crippen molar-refractivity contribution in [2.75, 3.05) is 6.61 Å². The molecule has 20 heteroatoms. The zero-order valence-corrected chi connectivity index (χ0v) is 16.7. The highest BCUT2D eigenvalue weighted by molar-refractivity contribution is 7.66. The van der Waals surface area contributed by atoms with Crippen LogP contribution in [0.1, 0.15) is 12.6 Å². The van der Waals surface area contributed by atoms with Crippen molar-refractivity contribution in [1.29, 1.82) is 0 Å². The summed E-state index contributed by atoms with van der Waals surface area (Å²) in [6.07, 6.45) is -2.59. The summed E-state index contributed by atoms with van der Waals surface area (Å²) in [4.78, 5) is 55.0. The zero-order valence-electron chi connectivity index (χ0n) is 14.0. The summed E-state index contributed by atoms with van der Waals surface area (Å²) in [6.45, 7) is -0.868. The Hall–Kier alpha value is -1.03. The summed E-state index contributed by atoms with van der Waals surface area (Å²) in [6, 6.07) is 1.23. The summed E-state index contributed by atoms with van der Waals surface area (Å²) < 4.78 is 51.2. The van der Waals surface area contributed by atoms with E-state index in [-0.39, 0.29) is 12.3 Å². The third-order valence-electron chi connectivity index (χ3n) is 3.26. The average molecular weight is 483 g/mol. The Balaban J connectivity index is 1.99. The normalized spacial score (nSPS) is 26.6. The molecular formula is C9H16N3O14P3. The van der Waals surface area contributed by atoms with Gasteiger partial charge in [-0.15, -0.1) is 0 Å². The number of aromatic nitrogens is 2. The first-order valence-electron chi connectivity index (χ1n) is 7.29. The number of hydrogen-bond acceptors (Lipinski definition) is 12. The molecule has 5 unspecified atom stereocenters. The Morgan fingerprint density at radius 2 is 1.86 bits per heavy atom. The Morgan fingerprint density at radius 3 is 2.41 bits per heavy atom. The smallest absolute Gasteiger partial charge is 0.391 e. The number of ether oxygens (including phenoxy) is 1. The van der Waals surface area contributed by atoms with E-state index in [1.807, 2.05) is 0 Å². The quantitative estimate of drug-likeness (QED) is 0.172. The molecule has 1 aliphatic rings. The molecule has 0 aliphatic carbocycles. The van der Waals surface area contributed by atoms with Gasteiger partial charge in [0, 0.05) is 18.7 Å². The molecule has 0 bridgehead atoms. The van der Waals surface area contributed by atoms with Gasteiger partial charge in [-0.2, -0.15) is 19.5 Å². The van der Waals surface area contributed by atoms with Gasteiger partial charge < -0.3 is 34.3 Å². The molecule has 0 radical (unpaired) electrons. The van der Waals surface area contributed by atoms with Crippen molar-refractivity contribution in [3.8, 4) is 5.88 Å². The van der Waals surface area contributed by atoms with Crippen LogP contribution in [0.5, 0.6) is 5.88 Å². The highest BCUT2D eigenvalue weighted by atomic mass is 31.3. The number of nitrogens with two attached hydrogens (primary N) is 1. The molecule has 0 amide bonds. The monoisotopic (exact) mass is 483 g/mol. The maximum absolute atomic E-state index is 11.9. The topological polar surface area (TPSA) is 259 Å². The van der Waals surface area contributed by atoms with E-state index in [0.717, 1.165) is 4.57 Å². The molecule has 17 nitrogen and oxygen atoms in total. The zero-order chi connectivity index (χ0) is 22.0.